The molecule has 0 spiro atoms. The Morgan fingerprint density at radius 3 is 2.88 bits per heavy atom. The van der Waals surface area contributed by atoms with Gasteiger partial charge in [0.15, 0.2) is 0 Å². The van der Waals surface area contributed by atoms with E-state index in [0.29, 0.717) is 19.2 Å². The summed E-state index contributed by atoms with van der Waals surface area (Å²) in [5.74, 6) is -0.0957. The second-order valence-corrected chi connectivity index (χ2v) is 4.69. The number of carbonyl (C=O) groups is 1. The fourth-order valence-electron chi connectivity index (χ4n) is 2.23. The van der Waals surface area contributed by atoms with Crippen LogP contribution in [0.5, 0.6) is 0 Å². The van der Waals surface area contributed by atoms with Gasteiger partial charge in [-0.3, -0.25) is 9.69 Å². The molecule has 1 aliphatic rings. The molecule has 0 aliphatic carbocycles. The maximum atomic E-state index is 11.5. The van der Waals surface area contributed by atoms with Crippen molar-refractivity contribution in [1.82, 2.24) is 10.2 Å². The van der Waals surface area contributed by atoms with E-state index >= 15 is 0 Å². The van der Waals surface area contributed by atoms with Crippen molar-refractivity contribution in [1.29, 1.82) is 0 Å². The molecule has 0 saturated carbocycles. The fourth-order valence-corrected chi connectivity index (χ4v) is 2.23. The highest BCUT2D eigenvalue weighted by atomic mass is 16.5. The lowest BCUT2D eigenvalue weighted by atomic mass is 10.2. The quantitative estimate of drug-likeness (QED) is 0.653. The van der Waals surface area contributed by atoms with Crippen LogP contribution in [0.2, 0.25) is 0 Å². The molecular weight excluding hydrogens is 216 g/mol. The van der Waals surface area contributed by atoms with Crippen LogP contribution < -0.4 is 5.32 Å². The summed E-state index contributed by atoms with van der Waals surface area (Å²) >= 11 is 0. The second kappa shape index (κ2) is 8.48. The Balaban J connectivity index is 2.32. The maximum Gasteiger partial charge on any atom is 0.320 e. The first-order valence-corrected chi connectivity index (χ1v) is 6.87. The molecule has 0 radical (unpaired) electrons. The van der Waals surface area contributed by atoms with Crippen molar-refractivity contribution >= 4 is 5.97 Å². The lowest BCUT2D eigenvalue weighted by Crippen LogP contribution is -2.41. The summed E-state index contributed by atoms with van der Waals surface area (Å²) in [5.41, 5.74) is 0. The molecular formula is C13H26N2O2. The predicted molar refractivity (Wildman–Crippen MR) is 69.0 cm³/mol. The number of carbonyl (C=O) groups excluding carboxylic acids is 1. The van der Waals surface area contributed by atoms with Gasteiger partial charge in [-0.25, -0.2) is 0 Å². The van der Waals surface area contributed by atoms with Gasteiger partial charge in [0.1, 0.15) is 0 Å². The van der Waals surface area contributed by atoms with Crippen LogP contribution in [0.3, 0.4) is 0 Å². The number of unbranched alkanes of at least 4 members (excludes halogenated alkanes) is 1. The van der Waals surface area contributed by atoms with E-state index in [9.17, 15) is 4.79 Å². The van der Waals surface area contributed by atoms with Crippen LogP contribution in [0.25, 0.3) is 0 Å². The van der Waals surface area contributed by atoms with Crippen molar-refractivity contribution < 1.29 is 9.53 Å². The molecule has 1 fully saturated rings. The van der Waals surface area contributed by atoms with Crippen molar-refractivity contribution in [2.45, 2.75) is 45.6 Å². The summed E-state index contributed by atoms with van der Waals surface area (Å²) in [7, 11) is 0. The summed E-state index contributed by atoms with van der Waals surface area (Å²) in [6, 6.07) is 0.557. The average Bonchev–Trinajstić information content (AvgIpc) is 2.79. The van der Waals surface area contributed by atoms with Crippen molar-refractivity contribution in [3.63, 3.8) is 0 Å². The smallest absolute Gasteiger partial charge is 0.320 e. The minimum Gasteiger partial charge on any atom is -0.465 e. The van der Waals surface area contributed by atoms with Crippen molar-refractivity contribution in [2.75, 3.05) is 32.8 Å². The van der Waals surface area contributed by atoms with Gasteiger partial charge in [0.2, 0.25) is 0 Å². The van der Waals surface area contributed by atoms with Crippen LogP contribution in [-0.2, 0) is 9.53 Å². The molecule has 4 heteroatoms. The third-order valence-electron chi connectivity index (χ3n) is 3.13. The zero-order valence-electron chi connectivity index (χ0n) is 11.2. The minimum absolute atomic E-state index is 0.0957. The Hall–Kier alpha value is -0.610. The molecule has 0 aromatic carbocycles. The Morgan fingerprint density at radius 2 is 2.29 bits per heavy atom. The van der Waals surface area contributed by atoms with Crippen molar-refractivity contribution in [3.05, 3.63) is 0 Å². The molecule has 0 amide bonds. The van der Waals surface area contributed by atoms with Gasteiger partial charge in [0.05, 0.1) is 13.2 Å². The van der Waals surface area contributed by atoms with Gasteiger partial charge in [-0.1, -0.05) is 13.3 Å². The molecule has 17 heavy (non-hydrogen) atoms. The third kappa shape index (κ3) is 6.03. The predicted octanol–water partition coefficient (Wildman–Crippen LogP) is 1.40. The highest BCUT2D eigenvalue weighted by Gasteiger charge is 2.19. The normalized spacial score (nSPS) is 19.8. The summed E-state index contributed by atoms with van der Waals surface area (Å²) in [5, 5.41) is 3.47. The zero-order chi connectivity index (χ0) is 12.5. The first-order chi connectivity index (χ1) is 8.26. The highest BCUT2D eigenvalue weighted by molar-refractivity contribution is 5.71. The monoisotopic (exact) mass is 242 g/mol. The Kier molecular flexibility index (Phi) is 7.21. The average molecular weight is 242 g/mol. The summed E-state index contributed by atoms with van der Waals surface area (Å²) in [6.07, 6.45) is 4.79. The van der Waals surface area contributed by atoms with Gasteiger partial charge in [0, 0.05) is 12.6 Å². The van der Waals surface area contributed by atoms with E-state index in [1.165, 1.54) is 12.8 Å². The molecule has 1 atom stereocenters. The van der Waals surface area contributed by atoms with E-state index < -0.39 is 0 Å². The molecule has 0 aromatic heterocycles. The molecule has 1 unspecified atom stereocenters. The molecule has 4 nitrogen and oxygen atoms in total. The number of rotatable bonds is 8. The summed E-state index contributed by atoms with van der Waals surface area (Å²) < 4.78 is 5.02. The van der Waals surface area contributed by atoms with Crippen LogP contribution in [0, 0.1) is 0 Å². The van der Waals surface area contributed by atoms with Gasteiger partial charge in [-0.15, -0.1) is 0 Å². The molecule has 1 heterocycles. The summed E-state index contributed by atoms with van der Waals surface area (Å²) in [4.78, 5) is 13.7. The van der Waals surface area contributed by atoms with Crippen LogP contribution in [0.1, 0.15) is 39.5 Å². The lowest BCUT2D eigenvalue weighted by molar-refractivity contribution is -0.144. The number of nitrogens with zero attached hydrogens (tertiary/aromatic N) is 1. The molecule has 1 rings (SSSR count). The van der Waals surface area contributed by atoms with Gasteiger partial charge in [-0.2, -0.15) is 0 Å². The van der Waals surface area contributed by atoms with E-state index in [1.807, 2.05) is 6.92 Å². The van der Waals surface area contributed by atoms with E-state index in [1.54, 1.807) is 0 Å². The Bertz CT molecular complexity index is 215. The Labute approximate surface area is 105 Å². The first-order valence-electron chi connectivity index (χ1n) is 6.87. The summed E-state index contributed by atoms with van der Waals surface area (Å²) in [6.45, 7) is 8.02. The van der Waals surface area contributed by atoms with E-state index in [2.05, 4.69) is 17.1 Å². The molecule has 0 bridgehead atoms. The fraction of sp³-hybridized carbons (Fsp3) is 0.923. The van der Waals surface area contributed by atoms with Crippen LogP contribution in [0.4, 0.5) is 0 Å². The molecule has 100 valence electrons. The van der Waals surface area contributed by atoms with Gasteiger partial charge in [0.25, 0.3) is 0 Å². The standard InChI is InChI=1S/C13H26N2O2/c1-3-5-9-15(11-13(16)17-4-2)10-12-7-6-8-14-12/h12,14H,3-11H2,1-2H3. The van der Waals surface area contributed by atoms with Crippen molar-refractivity contribution in [2.24, 2.45) is 0 Å². The van der Waals surface area contributed by atoms with E-state index in [4.69, 9.17) is 4.74 Å². The van der Waals surface area contributed by atoms with Crippen LogP contribution in [-0.4, -0.2) is 49.7 Å². The topological polar surface area (TPSA) is 41.6 Å². The van der Waals surface area contributed by atoms with Gasteiger partial charge in [-0.05, 0) is 39.3 Å². The Morgan fingerprint density at radius 1 is 1.47 bits per heavy atom. The SMILES string of the molecule is CCCCN(CC(=O)OCC)CC1CCCN1. The molecule has 1 N–H and O–H groups in total. The third-order valence-corrected chi connectivity index (χ3v) is 3.13. The van der Waals surface area contributed by atoms with Gasteiger partial charge >= 0.3 is 5.97 Å². The lowest BCUT2D eigenvalue weighted by Gasteiger charge is -2.24. The largest absolute Gasteiger partial charge is 0.465 e. The van der Waals surface area contributed by atoms with Gasteiger partial charge < -0.3 is 10.1 Å². The molecule has 1 aliphatic heterocycles. The van der Waals surface area contributed by atoms with Crippen LogP contribution >= 0.6 is 0 Å². The molecule has 0 aromatic rings. The van der Waals surface area contributed by atoms with Crippen LogP contribution in [0.15, 0.2) is 0 Å². The number of hydrogen-bond acceptors (Lipinski definition) is 4. The van der Waals surface area contributed by atoms with Crippen molar-refractivity contribution in [3.8, 4) is 0 Å². The zero-order valence-corrected chi connectivity index (χ0v) is 11.2. The number of esters is 1. The first kappa shape index (κ1) is 14.5. The maximum absolute atomic E-state index is 11.5. The number of ether oxygens (including phenoxy) is 1. The molecule has 1 saturated heterocycles. The number of hydrogen-bond donors (Lipinski definition) is 1. The highest BCUT2D eigenvalue weighted by Crippen LogP contribution is 2.08. The second-order valence-electron chi connectivity index (χ2n) is 4.69. The minimum atomic E-state index is -0.0957. The number of nitrogens with one attached hydrogen (secondary N) is 1. The van der Waals surface area contributed by atoms with E-state index in [-0.39, 0.29) is 5.97 Å². The van der Waals surface area contributed by atoms with E-state index in [0.717, 1.165) is 32.5 Å².